The molecule has 112 valence electrons. The predicted molar refractivity (Wildman–Crippen MR) is 66.7 cm³/mol. The number of nitrogens with zero attached hydrogens (tertiary/aromatic N) is 2. The van der Waals surface area contributed by atoms with Crippen LogP contribution in [0.25, 0.3) is 0 Å². The molecule has 0 aliphatic heterocycles. The molecule has 20 heavy (non-hydrogen) atoms. The highest BCUT2D eigenvalue weighted by Crippen LogP contribution is 2.19. The predicted octanol–water partition coefficient (Wildman–Crippen LogP) is -0.757. The molecule has 1 rings (SSSR count). The summed E-state index contributed by atoms with van der Waals surface area (Å²) in [7, 11) is -2.62. The van der Waals surface area contributed by atoms with Gasteiger partial charge in [-0.15, -0.1) is 0 Å². The van der Waals surface area contributed by atoms with Gasteiger partial charge in [-0.25, -0.2) is 8.42 Å². The van der Waals surface area contributed by atoms with Crippen LogP contribution < -0.4 is 4.72 Å². The van der Waals surface area contributed by atoms with Gasteiger partial charge in [0.1, 0.15) is 10.9 Å². The van der Waals surface area contributed by atoms with E-state index < -0.39 is 34.4 Å². The Bertz CT molecular complexity index is 648. The van der Waals surface area contributed by atoms with Gasteiger partial charge in [0.2, 0.25) is 10.0 Å². The third kappa shape index (κ3) is 3.33. The summed E-state index contributed by atoms with van der Waals surface area (Å²) < 4.78 is 27.5. The van der Waals surface area contributed by atoms with Gasteiger partial charge in [0.15, 0.2) is 0 Å². The van der Waals surface area contributed by atoms with E-state index in [0.29, 0.717) is 5.69 Å². The minimum Gasteiger partial charge on any atom is -0.481 e. The smallest absolute Gasteiger partial charge is 0.322 e. The number of carboxylic acid groups (broad SMARTS) is 2. The zero-order valence-corrected chi connectivity index (χ0v) is 11.9. The lowest BCUT2D eigenvalue weighted by Gasteiger charge is -2.13. The van der Waals surface area contributed by atoms with Crippen LogP contribution in [0, 0.1) is 13.8 Å². The van der Waals surface area contributed by atoms with Crippen molar-refractivity contribution in [3.63, 3.8) is 0 Å². The molecule has 0 amide bonds. The van der Waals surface area contributed by atoms with Crippen LogP contribution in [0.3, 0.4) is 0 Å². The summed E-state index contributed by atoms with van der Waals surface area (Å²) in [5, 5.41) is 21.4. The lowest BCUT2D eigenvalue weighted by molar-refractivity contribution is -0.145. The quantitative estimate of drug-likeness (QED) is 0.628. The van der Waals surface area contributed by atoms with Crippen LogP contribution in [-0.4, -0.2) is 46.4 Å². The summed E-state index contributed by atoms with van der Waals surface area (Å²) in [5.41, 5.74) is 0.534. The number of carboxylic acids is 2. The SMILES string of the molecule is Cc1nn(C)c(C)c1S(=O)(=O)NC(CC(=O)O)C(=O)O. The van der Waals surface area contributed by atoms with Crippen molar-refractivity contribution in [1.29, 1.82) is 0 Å². The molecule has 0 spiro atoms. The van der Waals surface area contributed by atoms with Crippen LogP contribution in [-0.2, 0) is 26.7 Å². The molecule has 0 saturated heterocycles. The Kier molecular flexibility index (Phi) is 4.50. The summed E-state index contributed by atoms with van der Waals surface area (Å²) in [6, 6.07) is -1.74. The standard InChI is InChI=1S/C10H15N3O6S/c1-5-9(6(2)13(3)11-5)20(18,19)12-7(10(16)17)4-8(14)15/h7,12H,4H2,1-3H3,(H,14,15)(H,16,17). The third-order valence-electron chi connectivity index (χ3n) is 2.69. The van der Waals surface area contributed by atoms with Gasteiger partial charge in [-0.3, -0.25) is 14.3 Å². The molecule has 0 bridgehead atoms. The van der Waals surface area contributed by atoms with Crippen molar-refractivity contribution >= 4 is 22.0 Å². The molecule has 1 heterocycles. The van der Waals surface area contributed by atoms with Gasteiger partial charge in [-0.2, -0.15) is 9.82 Å². The molecule has 0 fully saturated rings. The van der Waals surface area contributed by atoms with Crippen LogP contribution in [0.15, 0.2) is 4.90 Å². The van der Waals surface area contributed by atoms with E-state index in [4.69, 9.17) is 10.2 Å². The molecule has 0 aliphatic rings. The zero-order chi connectivity index (χ0) is 15.7. The lowest BCUT2D eigenvalue weighted by atomic mass is 10.2. The molecule has 10 heteroatoms. The molecule has 1 atom stereocenters. The molecule has 1 aromatic rings. The maximum absolute atomic E-state index is 12.2. The van der Waals surface area contributed by atoms with Gasteiger partial charge in [-0.05, 0) is 13.8 Å². The van der Waals surface area contributed by atoms with Crippen molar-refractivity contribution in [2.45, 2.75) is 31.2 Å². The highest BCUT2D eigenvalue weighted by molar-refractivity contribution is 7.89. The number of rotatable bonds is 6. The van der Waals surface area contributed by atoms with Gasteiger partial charge in [0, 0.05) is 7.05 Å². The van der Waals surface area contributed by atoms with Gasteiger partial charge in [0.05, 0.1) is 17.8 Å². The molecule has 9 nitrogen and oxygen atoms in total. The Morgan fingerprint density at radius 1 is 1.35 bits per heavy atom. The Morgan fingerprint density at radius 3 is 2.25 bits per heavy atom. The molecule has 1 aromatic heterocycles. The number of aryl methyl sites for hydroxylation is 2. The topological polar surface area (TPSA) is 139 Å². The Labute approximate surface area is 115 Å². The van der Waals surface area contributed by atoms with Crippen LogP contribution in [0.1, 0.15) is 17.8 Å². The lowest BCUT2D eigenvalue weighted by Crippen LogP contribution is -2.42. The Balaban J connectivity index is 3.16. The minimum absolute atomic E-state index is 0.142. The van der Waals surface area contributed by atoms with Gasteiger partial charge in [0.25, 0.3) is 0 Å². The number of nitrogens with one attached hydrogen (secondary N) is 1. The summed E-state index contributed by atoms with van der Waals surface area (Å²) in [6.07, 6.45) is -0.854. The summed E-state index contributed by atoms with van der Waals surface area (Å²) in [4.78, 5) is 21.3. The van der Waals surface area contributed by atoms with Crippen LogP contribution >= 0.6 is 0 Å². The third-order valence-corrected chi connectivity index (χ3v) is 4.41. The normalized spacial score (nSPS) is 13.2. The van der Waals surface area contributed by atoms with E-state index in [2.05, 4.69) is 5.10 Å². The van der Waals surface area contributed by atoms with Crippen LogP contribution in [0.4, 0.5) is 0 Å². The average molecular weight is 305 g/mol. The van der Waals surface area contributed by atoms with Crippen LogP contribution in [0.5, 0.6) is 0 Å². The van der Waals surface area contributed by atoms with Crippen molar-refractivity contribution < 1.29 is 28.2 Å². The van der Waals surface area contributed by atoms with E-state index in [1.165, 1.54) is 18.5 Å². The first-order valence-corrected chi connectivity index (χ1v) is 7.01. The average Bonchev–Trinajstić information content (AvgIpc) is 2.51. The van der Waals surface area contributed by atoms with E-state index in [1.807, 2.05) is 4.72 Å². The number of hydrogen-bond acceptors (Lipinski definition) is 5. The van der Waals surface area contributed by atoms with Crippen molar-refractivity contribution in [3.05, 3.63) is 11.4 Å². The first kappa shape index (κ1) is 16.1. The molecule has 0 saturated carbocycles. The monoisotopic (exact) mass is 305 g/mol. The highest BCUT2D eigenvalue weighted by Gasteiger charge is 2.31. The summed E-state index contributed by atoms with van der Waals surface area (Å²) in [6.45, 7) is 2.98. The molecular weight excluding hydrogens is 290 g/mol. The highest BCUT2D eigenvalue weighted by atomic mass is 32.2. The fourth-order valence-corrected chi connectivity index (χ4v) is 3.37. The number of aromatic nitrogens is 2. The summed E-state index contributed by atoms with van der Waals surface area (Å²) in [5.74, 6) is -2.98. The largest absolute Gasteiger partial charge is 0.481 e. The molecule has 1 unspecified atom stereocenters. The van der Waals surface area contributed by atoms with E-state index in [1.54, 1.807) is 7.05 Å². The number of aliphatic carboxylic acids is 2. The zero-order valence-electron chi connectivity index (χ0n) is 11.1. The number of carbonyl (C=O) groups is 2. The van der Waals surface area contributed by atoms with E-state index in [-0.39, 0.29) is 10.6 Å². The fraction of sp³-hybridized carbons (Fsp3) is 0.500. The molecule has 0 aromatic carbocycles. The van der Waals surface area contributed by atoms with E-state index in [0.717, 1.165) is 0 Å². The second-order valence-electron chi connectivity index (χ2n) is 4.23. The first-order valence-electron chi connectivity index (χ1n) is 5.53. The van der Waals surface area contributed by atoms with Crippen molar-refractivity contribution in [1.82, 2.24) is 14.5 Å². The van der Waals surface area contributed by atoms with Crippen molar-refractivity contribution in [2.24, 2.45) is 7.05 Å². The van der Waals surface area contributed by atoms with Gasteiger partial charge < -0.3 is 10.2 Å². The second-order valence-corrected chi connectivity index (χ2v) is 5.88. The summed E-state index contributed by atoms with van der Waals surface area (Å²) >= 11 is 0. The Morgan fingerprint density at radius 2 is 1.90 bits per heavy atom. The van der Waals surface area contributed by atoms with Gasteiger partial charge in [-0.1, -0.05) is 0 Å². The maximum Gasteiger partial charge on any atom is 0.322 e. The minimum atomic E-state index is -4.17. The van der Waals surface area contributed by atoms with Crippen LogP contribution in [0.2, 0.25) is 0 Å². The van der Waals surface area contributed by atoms with Crippen molar-refractivity contribution in [2.75, 3.05) is 0 Å². The van der Waals surface area contributed by atoms with E-state index >= 15 is 0 Å². The number of hydrogen-bond donors (Lipinski definition) is 3. The molecule has 0 radical (unpaired) electrons. The maximum atomic E-state index is 12.2. The van der Waals surface area contributed by atoms with Crippen molar-refractivity contribution in [3.8, 4) is 0 Å². The second kappa shape index (κ2) is 5.59. The van der Waals surface area contributed by atoms with E-state index in [9.17, 15) is 18.0 Å². The molecular formula is C10H15N3O6S. The first-order chi connectivity index (χ1) is 9.06. The molecule has 0 aliphatic carbocycles. The van der Waals surface area contributed by atoms with Gasteiger partial charge >= 0.3 is 11.9 Å². The Hall–Kier alpha value is -1.94. The molecule has 3 N–H and O–H groups in total. The fourth-order valence-electron chi connectivity index (χ4n) is 1.74. The number of sulfonamides is 1.